The Morgan fingerprint density at radius 1 is 1.29 bits per heavy atom. The molecule has 0 aliphatic heterocycles. The van der Waals surface area contributed by atoms with Gasteiger partial charge in [-0.25, -0.2) is 4.98 Å². The fraction of sp³-hybridized carbons (Fsp3) is 0.647. The van der Waals surface area contributed by atoms with Gasteiger partial charge >= 0.3 is 0 Å². The summed E-state index contributed by atoms with van der Waals surface area (Å²) in [7, 11) is 5.18. The Morgan fingerprint density at radius 3 is 2.67 bits per heavy atom. The van der Waals surface area contributed by atoms with Crippen LogP contribution in [0.2, 0.25) is 0 Å². The number of methoxy groups -OCH3 is 2. The highest BCUT2D eigenvalue weighted by molar-refractivity contribution is 14.0. The lowest BCUT2D eigenvalue weighted by atomic mass is 9.67. The van der Waals surface area contributed by atoms with Crippen molar-refractivity contribution in [3.8, 4) is 5.88 Å². The summed E-state index contributed by atoms with van der Waals surface area (Å²) < 4.78 is 10.4. The van der Waals surface area contributed by atoms with Crippen LogP contribution in [0.1, 0.15) is 31.4 Å². The molecule has 1 fully saturated rings. The summed E-state index contributed by atoms with van der Waals surface area (Å²) in [6, 6.07) is 5.74. The molecule has 24 heavy (non-hydrogen) atoms. The smallest absolute Gasteiger partial charge is 0.213 e. The van der Waals surface area contributed by atoms with Gasteiger partial charge in [0.15, 0.2) is 5.96 Å². The van der Waals surface area contributed by atoms with E-state index in [1.807, 2.05) is 18.2 Å². The van der Waals surface area contributed by atoms with Crippen LogP contribution in [0, 0.1) is 5.41 Å². The van der Waals surface area contributed by atoms with E-state index < -0.39 is 0 Å². The van der Waals surface area contributed by atoms with Gasteiger partial charge in [-0.2, -0.15) is 0 Å². The maximum Gasteiger partial charge on any atom is 0.213 e. The molecule has 0 amide bonds. The quantitative estimate of drug-likeness (QED) is 0.364. The highest BCUT2D eigenvalue weighted by atomic mass is 127. The van der Waals surface area contributed by atoms with Crippen molar-refractivity contribution in [2.24, 2.45) is 10.4 Å². The Bertz CT molecular complexity index is 521. The molecule has 0 radical (unpaired) electrons. The normalized spacial score (nSPS) is 15.9. The number of aliphatic imine (C=N–C) groups is 1. The fourth-order valence-electron chi connectivity index (χ4n) is 2.85. The van der Waals surface area contributed by atoms with Gasteiger partial charge in [0.25, 0.3) is 0 Å². The van der Waals surface area contributed by atoms with Crippen molar-refractivity contribution in [2.75, 3.05) is 34.4 Å². The fourth-order valence-corrected chi connectivity index (χ4v) is 2.85. The van der Waals surface area contributed by atoms with Crippen molar-refractivity contribution in [3.05, 3.63) is 23.9 Å². The monoisotopic (exact) mass is 448 g/mol. The standard InChI is InChI=1S/C17H28N4O2.HI/c1-18-16(19-12-14-6-4-7-15(21-14)23-3)20-13-17(8-5-9-17)10-11-22-2;/h4,6-7H,5,8-13H2,1-3H3,(H2,18,19,20);1H. The van der Waals surface area contributed by atoms with E-state index >= 15 is 0 Å². The molecule has 1 aromatic heterocycles. The minimum absolute atomic E-state index is 0. The van der Waals surface area contributed by atoms with Crippen molar-refractivity contribution < 1.29 is 9.47 Å². The van der Waals surface area contributed by atoms with Crippen molar-refractivity contribution >= 4 is 29.9 Å². The van der Waals surface area contributed by atoms with Crippen LogP contribution in [0.15, 0.2) is 23.2 Å². The molecule has 1 aliphatic rings. The SMILES string of the molecule is CN=C(NCc1cccc(OC)n1)NCC1(CCOC)CCC1.I. The molecule has 7 heteroatoms. The van der Waals surface area contributed by atoms with Gasteiger partial charge in [-0.1, -0.05) is 12.5 Å². The van der Waals surface area contributed by atoms with E-state index in [9.17, 15) is 0 Å². The Morgan fingerprint density at radius 2 is 2.08 bits per heavy atom. The number of hydrogen-bond acceptors (Lipinski definition) is 4. The average molecular weight is 448 g/mol. The summed E-state index contributed by atoms with van der Waals surface area (Å²) in [6.07, 6.45) is 4.94. The Balaban J connectivity index is 0.00000288. The predicted molar refractivity (Wildman–Crippen MR) is 107 cm³/mol. The van der Waals surface area contributed by atoms with Gasteiger partial charge in [0.2, 0.25) is 5.88 Å². The molecule has 2 rings (SSSR count). The molecule has 136 valence electrons. The van der Waals surface area contributed by atoms with Gasteiger partial charge in [-0.15, -0.1) is 24.0 Å². The summed E-state index contributed by atoms with van der Waals surface area (Å²) >= 11 is 0. The first-order chi connectivity index (χ1) is 11.2. The molecular weight excluding hydrogens is 419 g/mol. The van der Waals surface area contributed by atoms with Crippen LogP contribution in [0.4, 0.5) is 0 Å². The van der Waals surface area contributed by atoms with E-state index in [1.54, 1.807) is 21.3 Å². The number of aromatic nitrogens is 1. The first-order valence-electron chi connectivity index (χ1n) is 8.15. The average Bonchev–Trinajstić information content (AvgIpc) is 2.56. The van der Waals surface area contributed by atoms with Gasteiger partial charge in [-0.05, 0) is 30.7 Å². The van der Waals surface area contributed by atoms with E-state index in [0.717, 1.165) is 31.2 Å². The summed E-state index contributed by atoms with van der Waals surface area (Å²) in [5, 5.41) is 6.75. The third kappa shape index (κ3) is 6.08. The Labute approximate surface area is 161 Å². The molecule has 0 saturated heterocycles. The molecule has 0 aromatic carbocycles. The van der Waals surface area contributed by atoms with Gasteiger partial charge in [0.1, 0.15) is 0 Å². The van der Waals surface area contributed by atoms with E-state index in [-0.39, 0.29) is 24.0 Å². The summed E-state index contributed by atoms with van der Waals surface area (Å²) in [6.45, 7) is 2.37. The second kappa shape index (κ2) is 10.7. The number of hydrogen-bond donors (Lipinski definition) is 2. The van der Waals surface area contributed by atoms with Crippen LogP contribution in [0.3, 0.4) is 0 Å². The zero-order valence-corrected chi connectivity index (χ0v) is 17.1. The molecule has 2 N–H and O–H groups in total. The van der Waals surface area contributed by atoms with Crippen LogP contribution in [0.5, 0.6) is 5.88 Å². The van der Waals surface area contributed by atoms with Crippen LogP contribution >= 0.6 is 24.0 Å². The van der Waals surface area contributed by atoms with Crippen LogP contribution in [-0.4, -0.2) is 45.4 Å². The van der Waals surface area contributed by atoms with Gasteiger partial charge in [0, 0.05) is 33.4 Å². The second-order valence-electron chi connectivity index (χ2n) is 6.05. The van der Waals surface area contributed by atoms with Crippen LogP contribution in [-0.2, 0) is 11.3 Å². The summed E-state index contributed by atoms with van der Waals surface area (Å²) in [5.41, 5.74) is 1.28. The Hall–Kier alpha value is -1.09. The molecule has 6 nitrogen and oxygen atoms in total. The Kier molecular flexibility index (Phi) is 9.35. The number of guanidine groups is 1. The summed E-state index contributed by atoms with van der Waals surface area (Å²) in [4.78, 5) is 8.68. The maximum atomic E-state index is 5.24. The molecular formula is C17H29IN4O2. The van der Waals surface area contributed by atoms with E-state index in [2.05, 4.69) is 20.6 Å². The largest absolute Gasteiger partial charge is 0.481 e. The molecule has 1 aliphatic carbocycles. The maximum absolute atomic E-state index is 5.24. The summed E-state index contributed by atoms with van der Waals surface area (Å²) in [5.74, 6) is 1.43. The lowest BCUT2D eigenvalue weighted by Gasteiger charge is -2.42. The predicted octanol–water partition coefficient (Wildman–Crippen LogP) is 2.58. The van der Waals surface area contributed by atoms with Gasteiger partial charge in [0.05, 0.1) is 19.3 Å². The molecule has 0 unspecified atom stereocenters. The number of pyridine rings is 1. The van der Waals surface area contributed by atoms with E-state index in [4.69, 9.17) is 9.47 Å². The highest BCUT2D eigenvalue weighted by Crippen LogP contribution is 2.43. The third-order valence-electron chi connectivity index (χ3n) is 4.53. The zero-order valence-electron chi connectivity index (χ0n) is 14.8. The topological polar surface area (TPSA) is 67.8 Å². The number of nitrogens with zero attached hydrogens (tertiary/aromatic N) is 2. The van der Waals surface area contributed by atoms with Crippen LogP contribution in [0.25, 0.3) is 0 Å². The first-order valence-corrected chi connectivity index (χ1v) is 8.15. The van der Waals surface area contributed by atoms with E-state index in [1.165, 1.54) is 19.3 Å². The highest BCUT2D eigenvalue weighted by Gasteiger charge is 2.36. The van der Waals surface area contributed by atoms with Crippen LogP contribution < -0.4 is 15.4 Å². The number of ether oxygens (including phenoxy) is 2. The first kappa shape index (κ1) is 21.0. The van der Waals surface area contributed by atoms with Crippen molar-refractivity contribution in [2.45, 2.75) is 32.2 Å². The lowest BCUT2D eigenvalue weighted by Crippen LogP contribution is -2.46. The molecule has 0 bridgehead atoms. The van der Waals surface area contributed by atoms with Crippen molar-refractivity contribution in [1.82, 2.24) is 15.6 Å². The molecule has 1 saturated carbocycles. The second-order valence-corrected chi connectivity index (χ2v) is 6.05. The zero-order chi connectivity index (χ0) is 16.5. The molecule has 0 spiro atoms. The lowest BCUT2D eigenvalue weighted by molar-refractivity contribution is 0.0732. The number of rotatable bonds is 8. The van der Waals surface area contributed by atoms with Crippen molar-refractivity contribution in [3.63, 3.8) is 0 Å². The van der Waals surface area contributed by atoms with Gasteiger partial charge < -0.3 is 20.1 Å². The molecule has 0 atom stereocenters. The van der Waals surface area contributed by atoms with Crippen molar-refractivity contribution in [1.29, 1.82) is 0 Å². The number of halogens is 1. The minimum atomic E-state index is 0. The van der Waals surface area contributed by atoms with E-state index in [0.29, 0.717) is 17.8 Å². The van der Waals surface area contributed by atoms with Gasteiger partial charge in [-0.3, -0.25) is 4.99 Å². The minimum Gasteiger partial charge on any atom is -0.481 e. The number of nitrogens with one attached hydrogen (secondary N) is 2. The third-order valence-corrected chi connectivity index (χ3v) is 4.53. The molecule has 1 aromatic rings. The molecule has 1 heterocycles.